The molecule has 0 saturated heterocycles. The summed E-state index contributed by atoms with van der Waals surface area (Å²) in [6.45, 7) is 3.43. The molecule has 0 aromatic heterocycles. The first-order valence-electron chi connectivity index (χ1n) is 5.10. The van der Waals surface area contributed by atoms with Gasteiger partial charge in [0.05, 0.1) is 12.2 Å². The standard InChI is InChI=1S/C13H14O3/c1-3-16-13(15)12(9-10(2)14)11-7-5-4-6-8-11/h4-9H,3H2,1-2H3/b12-9-. The zero-order valence-electron chi connectivity index (χ0n) is 9.40. The van der Waals surface area contributed by atoms with E-state index in [1.807, 2.05) is 18.2 Å². The van der Waals surface area contributed by atoms with E-state index < -0.39 is 5.97 Å². The molecule has 0 N–H and O–H groups in total. The Balaban J connectivity index is 3.07. The highest BCUT2D eigenvalue weighted by molar-refractivity contribution is 6.21. The van der Waals surface area contributed by atoms with E-state index in [9.17, 15) is 9.59 Å². The predicted octanol–water partition coefficient (Wildman–Crippen LogP) is 2.22. The Morgan fingerprint density at radius 3 is 2.38 bits per heavy atom. The third kappa shape index (κ3) is 3.35. The third-order valence-corrected chi connectivity index (χ3v) is 1.93. The molecule has 0 saturated carbocycles. The highest BCUT2D eigenvalue weighted by Crippen LogP contribution is 2.15. The molecule has 0 bridgehead atoms. The topological polar surface area (TPSA) is 43.4 Å². The summed E-state index contributed by atoms with van der Waals surface area (Å²) in [5.74, 6) is -0.643. The minimum Gasteiger partial charge on any atom is -0.462 e. The quantitative estimate of drug-likeness (QED) is 0.575. The second-order valence-electron chi connectivity index (χ2n) is 3.26. The monoisotopic (exact) mass is 218 g/mol. The van der Waals surface area contributed by atoms with E-state index in [1.54, 1.807) is 19.1 Å². The smallest absolute Gasteiger partial charge is 0.338 e. The molecule has 0 atom stereocenters. The van der Waals surface area contributed by atoms with Crippen molar-refractivity contribution in [2.75, 3.05) is 6.61 Å². The maximum absolute atomic E-state index is 11.6. The highest BCUT2D eigenvalue weighted by atomic mass is 16.5. The summed E-state index contributed by atoms with van der Waals surface area (Å²) < 4.78 is 4.90. The second kappa shape index (κ2) is 5.85. The van der Waals surface area contributed by atoms with Crippen molar-refractivity contribution in [3.8, 4) is 0 Å². The molecule has 0 heterocycles. The molecule has 0 amide bonds. The number of esters is 1. The maximum atomic E-state index is 11.6. The van der Waals surface area contributed by atoms with Crippen LogP contribution in [0.1, 0.15) is 19.4 Å². The highest BCUT2D eigenvalue weighted by Gasteiger charge is 2.13. The Kier molecular flexibility index (Phi) is 4.45. The van der Waals surface area contributed by atoms with Crippen molar-refractivity contribution < 1.29 is 14.3 Å². The van der Waals surface area contributed by atoms with Crippen LogP contribution in [0, 0.1) is 0 Å². The van der Waals surface area contributed by atoms with Crippen LogP contribution in [0.4, 0.5) is 0 Å². The number of ketones is 1. The van der Waals surface area contributed by atoms with Crippen LogP contribution in [-0.4, -0.2) is 18.4 Å². The molecule has 1 aromatic carbocycles. The van der Waals surface area contributed by atoms with Gasteiger partial charge in [-0.05, 0) is 25.5 Å². The van der Waals surface area contributed by atoms with E-state index in [1.165, 1.54) is 13.0 Å². The minimum absolute atomic E-state index is 0.174. The van der Waals surface area contributed by atoms with Crippen LogP contribution in [0.3, 0.4) is 0 Å². The lowest BCUT2D eigenvalue weighted by Crippen LogP contribution is -2.08. The molecular weight excluding hydrogens is 204 g/mol. The van der Waals surface area contributed by atoms with Crippen molar-refractivity contribution in [3.63, 3.8) is 0 Å². The van der Waals surface area contributed by atoms with E-state index in [0.29, 0.717) is 17.7 Å². The van der Waals surface area contributed by atoms with Gasteiger partial charge in [-0.3, -0.25) is 4.79 Å². The van der Waals surface area contributed by atoms with Gasteiger partial charge in [-0.25, -0.2) is 4.79 Å². The molecule has 3 nitrogen and oxygen atoms in total. The Bertz CT molecular complexity index is 404. The molecule has 0 fully saturated rings. The van der Waals surface area contributed by atoms with Gasteiger partial charge in [0, 0.05) is 0 Å². The Labute approximate surface area is 94.7 Å². The third-order valence-electron chi connectivity index (χ3n) is 1.93. The summed E-state index contributed by atoms with van der Waals surface area (Å²) in [5, 5.41) is 0. The number of allylic oxidation sites excluding steroid dienone is 1. The van der Waals surface area contributed by atoms with Crippen LogP contribution in [0.25, 0.3) is 5.57 Å². The van der Waals surface area contributed by atoms with Crippen molar-refractivity contribution in [2.45, 2.75) is 13.8 Å². The maximum Gasteiger partial charge on any atom is 0.338 e. The van der Waals surface area contributed by atoms with Crippen molar-refractivity contribution in [1.82, 2.24) is 0 Å². The lowest BCUT2D eigenvalue weighted by Gasteiger charge is -2.06. The van der Waals surface area contributed by atoms with E-state index in [4.69, 9.17) is 4.74 Å². The molecular formula is C13H14O3. The number of rotatable bonds is 4. The van der Waals surface area contributed by atoms with Crippen LogP contribution < -0.4 is 0 Å². The van der Waals surface area contributed by atoms with Gasteiger partial charge in [-0.2, -0.15) is 0 Å². The van der Waals surface area contributed by atoms with Gasteiger partial charge in [0.25, 0.3) is 0 Å². The van der Waals surface area contributed by atoms with Crippen LogP contribution in [0.2, 0.25) is 0 Å². The largest absolute Gasteiger partial charge is 0.462 e. The van der Waals surface area contributed by atoms with Gasteiger partial charge < -0.3 is 4.74 Å². The lowest BCUT2D eigenvalue weighted by molar-refractivity contribution is -0.136. The van der Waals surface area contributed by atoms with Crippen LogP contribution in [-0.2, 0) is 14.3 Å². The van der Waals surface area contributed by atoms with Crippen LogP contribution >= 0.6 is 0 Å². The van der Waals surface area contributed by atoms with Gasteiger partial charge in [-0.15, -0.1) is 0 Å². The number of hydrogen-bond acceptors (Lipinski definition) is 3. The first kappa shape index (κ1) is 12.2. The lowest BCUT2D eigenvalue weighted by atomic mass is 10.1. The SMILES string of the molecule is CCOC(=O)/C(=C\C(C)=O)c1ccccc1. The number of hydrogen-bond donors (Lipinski definition) is 0. The average molecular weight is 218 g/mol. The molecule has 0 aliphatic carbocycles. The molecule has 1 rings (SSSR count). The van der Waals surface area contributed by atoms with Gasteiger partial charge in [0.1, 0.15) is 0 Å². The molecule has 0 aliphatic rings. The van der Waals surface area contributed by atoms with Gasteiger partial charge in [0.2, 0.25) is 0 Å². The van der Waals surface area contributed by atoms with Crippen molar-refractivity contribution in [1.29, 1.82) is 0 Å². The fourth-order valence-corrected chi connectivity index (χ4v) is 1.29. The molecule has 84 valence electrons. The molecule has 0 spiro atoms. The Morgan fingerprint density at radius 1 is 1.25 bits per heavy atom. The summed E-state index contributed by atoms with van der Waals surface area (Å²) in [7, 11) is 0. The van der Waals surface area contributed by atoms with Crippen molar-refractivity contribution in [3.05, 3.63) is 42.0 Å². The first-order chi connectivity index (χ1) is 7.65. The summed E-state index contributed by atoms with van der Waals surface area (Å²) >= 11 is 0. The number of carbonyl (C=O) groups excluding carboxylic acids is 2. The van der Waals surface area contributed by atoms with Crippen LogP contribution in [0.5, 0.6) is 0 Å². The van der Waals surface area contributed by atoms with E-state index in [2.05, 4.69) is 0 Å². The number of carbonyl (C=O) groups is 2. The Hall–Kier alpha value is -1.90. The molecule has 16 heavy (non-hydrogen) atoms. The molecule has 3 heteroatoms. The van der Waals surface area contributed by atoms with Crippen molar-refractivity contribution in [2.24, 2.45) is 0 Å². The zero-order valence-corrected chi connectivity index (χ0v) is 9.40. The molecule has 1 aromatic rings. The Morgan fingerprint density at radius 2 is 1.88 bits per heavy atom. The fourth-order valence-electron chi connectivity index (χ4n) is 1.29. The summed E-state index contributed by atoms with van der Waals surface area (Å²) in [6, 6.07) is 9.00. The van der Waals surface area contributed by atoms with E-state index in [0.717, 1.165) is 0 Å². The number of benzene rings is 1. The van der Waals surface area contributed by atoms with Crippen LogP contribution in [0.15, 0.2) is 36.4 Å². The van der Waals surface area contributed by atoms with Crippen molar-refractivity contribution >= 4 is 17.3 Å². The number of ether oxygens (including phenoxy) is 1. The summed E-state index contributed by atoms with van der Waals surface area (Å²) in [4.78, 5) is 22.7. The summed E-state index contributed by atoms with van der Waals surface area (Å²) in [5.41, 5.74) is 0.992. The summed E-state index contributed by atoms with van der Waals surface area (Å²) in [6.07, 6.45) is 1.30. The molecule has 0 radical (unpaired) electrons. The minimum atomic E-state index is -0.469. The van der Waals surface area contributed by atoms with Gasteiger partial charge in [0.15, 0.2) is 5.78 Å². The average Bonchev–Trinajstić information content (AvgIpc) is 2.27. The fraction of sp³-hybridized carbons (Fsp3) is 0.231. The van der Waals surface area contributed by atoms with Gasteiger partial charge in [-0.1, -0.05) is 30.3 Å². The molecule has 0 aliphatic heterocycles. The predicted molar refractivity (Wildman–Crippen MR) is 61.7 cm³/mol. The van der Waals surface area contributed by atoms with E-state index >= 15 is 0 Å². The first-order valence-corrected chi connectivity index (χ1v) is 5.10. The molecule has 0 unspecified atom stereocenters. The zero-order chi connectivity index (χ0) is 12.0. The van der Waals surface area contributed by atoms with E-state index in [-0.39, 0.29) is 5.78 Å². The van der Waals surface area contributed by atoms with Gasteiger partial charge >= 0.3 is 5.97 Å². The normalized spacial score (nSPS) is 11.0. The second-order valence-corrected chi connectivity index (χ2v) is 3.26.